The maximum Gasteiger partial charge on any atom is 0.265 e. The molecule has 100 valence electrons. The summed E-state index contributed by atoms with van der Waals surface area (Å²) < 4.78 is 0. The molecule has 0 aromatic heterocycles. The quantitative estimate of drug-likeness (QED) is 0.644. The minimum atomic E-state index is -0.177. The van der Waals surface area contributed by atoms with E-state index in [1.165, 1.54) is 0 Å². The standard InChI is InChI=1S/C17H16N2O/c1-2-9-16(14-10-5-3-6-11-14)18-19-17(20)15-12-7-4-8-13-15/h1,3-8,10-13,16,18H,9H2,(H,19,20). The number of hydrogen-bond acceptors (Lipinski definition) is 2. The minimum Gasteiger partial charge on any atom is -0.287 e. The number of rotatable bonds is 5. The first-order valence-electron chi connectivity index (χ1n) is 6.40. The molecule has 0 bridgehead atoms. The fourth-order valence-corrected chi connectivity index (χ4v) is 1.87. The van der Waals surface area contributed by atoms with Gasteiger partial charge in [0.15, 0.2) is 0 Å². The Morgan fingerprint density at radius 3 is 2.25 bits per heavy atom. The van der Waals surface area contributed by atoms with Crippen LogP contribution in [0.3, 0.4) is 0 Å². The van der Waals surface area contributed by atoms with Gasteiger partial charge in [-0.25, -0.2) is 5.43 Å². The fourth-order valence-electron chi connectivity index (χ4n) is 1.87. The lowest BCUT2D eigenvalue weighted by molar-refractivity contribution is 0.0925. The lowest BCUT2D eigenvalue weighted by Gasteiger charge is -2.17. The summed E-state index contributed by atoms with van der Waals surface area (Å²) in [7, 11) is 0. The molecule has 2 rings (SSSR count). The smallest absolute Gasteiger partial charge is 0.265 e. The van der Waals surface area contributed by atoms with Crippen LogP contribution < -0.4 is 10.9 Å². The van der Waals surface area contributed by atoms with E-state index in [0.717, 1.165) is 5.56 Å². The highest BCUT2D eigenvalue weighted by Gasteiger charge is 2.11. The lowest BCUT2D eigenvalue weighted by atomic mass is 10.1. The minimum absolute atomic E-state index is 0.103. The summed E-state index contributed by atoms with van der Waals surface area (Å²) in [6.07, 6.45) is 5.88. The lowest BCUT2D eigenvalue weighted by Crippen LogP contribution is -2.39. The average molecular weight is 264 g/mol. The predicted molar refractivity (Wildman–Crippen MR) is 79.7 cm³/mol. The average Bonchev–Trinajstić information content (AvgIpc) is 2.53. The van der Waals surface area contributed by atoms with Gasteiger partial charge in [0.05, 0.1) is 6.04 Å². The summed E-state index contributed by atoms with van der Waals surface area (Å²) in [6, 6.07) is 18.7. The van der Waals surface area contributed by atoms with Gasteiger partial charge in [0.25, 0.3) is 5.91 Å². The van der Waals surface area contributed by atoms with E-state index in [-0.39, 0.29) is 11.9 Å². The molecule has 2 aromatic rings. The Kier molecular flexibility index (Phi) is 4.94. The Labute approximate surface area is 119 Å². The number of carbonyl (C=O) groups excluding carboxylic acids is 1. The highest BCUT2D eigenvalue weighted by Crippen LogP contribution is 2.14. The second-order valence-corrected chi connectivity index (χ2v) is 4.34. The van der Waals surface area contributed by atoms with Gasteiger partial charge in [-0.2, -0.15) is 0 Å². The van der Waals surface area contributed by atoms with Gasteiger partial charge in [-0.05, 0) is 17.7 Å². The Hall–Kier alpha value is -2.57. The van der Waals surface area contributed by atoms with Crippen molar-refractivity contribution in [1.82, 2.24) is 10.9 Å². The Morgan fingerprint density at radius 2 is 1.65 bits per heavy atom. The monoisotopic (exact) mass is 264 g/mol. The molecule has 0 aliphatic carbocycles. The maximum atomic E-state index is 12.0. The van der Waals surface area contributed by atoms with Crippen molar-refractivity contribution >= 4 is 5.91 Å². The van der Waals surface area contributed by atoms with Gasteiger partial charge >= 0.3 is 0 Å². The number of terminal acetylenes is 1. The summed E-state index contributed by atoms with van der Waals surface area (Å²) >= 11 is 0. The van der Waals surface area contributed by atoms with E-state index in [4.69, 9.17) is 6.42 Å². The van der Waals surface area contributed by atoms with E-state index >= 15 is 0 Å². The van der Waals surface area contributed by atoms with Crippen molar-refractivity contribution in [3.05, 3.63) is 71.8 Å². The van der Waals surface area contributed by atoms with Crippen molar-refractivity contribution in [3.8, 4) is 12.3 Å². The van der Waals surface area contributed by atoms with Crippen molar-refractivity contribution < 1.29 is 4.79 Å². The summed E-state index contributed by atoms with van der Waals surface area (Å²) in [5.41, 5.74) is 7.34. The van der Waals surface area contributed by atoms with Crippen LogP contribution >= 0.6 is 0 Å². The maximum absolute atomic E-state index is 12.0. The number of hydrogen-bond donors (Lipinski definition) is 2. The zero-order chi connectivity index (χ0) is 14.2. The number of carbonyl (C=O) groups is 1. The molecule has 0 heterocycles. The molecular weight excluding hydrogens is 248 g/mol. The largest absolute Gasteiger partial charge is 0.287 e. The summed E-state index contributed by atoms with van der Waals surface area (Å²) in [6.45, 7) is 0. The van der Waals surface area contributed by atoms with E-state index in [2.05, 4.69) is 16.8 Å². The van der Waals surface area contributed by atoms with Gasteiger partial charge in [-0.15, -0.1) is 12.3 Å². The van der Waals surface area contributed by atoms with Crippen LogP contribution in [0.2, 0.25) is 0 Å². The molecule has 3 heteroatoms. The van der Waals surface area contributed by atoms with E-state index < -0.39 is 0 Å². The molecule has 1 atom stereocenters. The second kappa shape index (κ2) is 7.13. The van der Waals surface area contributed by atoms with Crippen LogP contribution in [0.25, 0.3) is 0 Å². The Balaban J connectivity index is 2.00. The zero-order valence-electron chi connectivity index (χ0n) is 11.0. The third kappa shape index (κ3) is 3.71. The fraction of sp³-hybridized carbons (Fsp3) is 0.118. The van der Waals surface area contributed by atoms with Crippen LogP contribution in [-0.2, 0) is 0 Å². The number of benzene rings is 2. The molecule has 2 N–H and O–H groups in total. The van der Waals surface area contributed by atoms with Gasteiger partial charge < -0.3 is 0 Å². The van der Waals surface area contributed by atoms with Crippen molar-refractivity contribution in [3.63, 3.8) is 0 Å². The second-order valence-electron chi connectivity index (χ2n) is 4.34. The van der Waals surface area contributed by atoms with Crippen LogP contribution in [-0.4, -0.2) is 5.91 Å². The number of nitrogens with one attached hydrogen (secondary N) is 2. The Bertz CT molecular complexity index is 587. The van der Waals surface area contributed by atoms with Gasteiger partial charge in [-0.1, -0.05) is 48.5 Å². The van der Waals surface area contributed by atoms with Crippen molar-refractivity contribution in [2.24, 2.45) is 0 Å². The molecule has 1 unspecified atom stereocenters. The van der Waals surface area contributed by atoms with E-state index in [9.17, 15) is 4.79 Å². The third-order valence-corrected chi connectivity index (χ3v) is 2.92. The third-order valence-electron chi connectivity index (χ3n) is 2.92. The normalized spacial score (nSPS) is 11.3. The molecule has 2 aromatic carbocycles. The van der Waals surface area contributed by atoms with E-state index in [1.807, 2.05) is 48.5 Å². The molecular formula is C17H16N2O. The first-order chi connectivity index (χ1) is 9.81. The molecule has 0 aliphatic rings. The number of hydrazine groups is 1. The number of amides is 1. The van der Waals surface area contributed by atoms with Crippen LogP contribution in [0.1, 0.15) is 28.4 Å². The predicted octanol–water partition coefficient (Wildman–Crippen LogP) is 2.69. The SMILES string of the molecule is C#CCC(NNC(=O)c1ccccc1)c1ccccc1. The zero-order valence-corrected chi connectivity index (χ0v) is 11.0. The molecule has 1 amide bonds. The van der Waals surface area contributed by atoms with Crippen LogP contribution in [0.5, 0.6) is 0 Å². The molecule has 0 aliphatic heterocycles. The first kappa shape index (κ1) is 13.9. The van der Waals surface area contributed by atoms with Crippen LogP contribution in [0.4, 0.5) is 0 Å². The van der Waals surface area contributed by atoms with Gasteiger partial charge in [0, 0.05) is 12.0 Å². The molecule has 3 nitrogen and oxygen atoms in total. The highest BCUT2D eigenvalue weighted by molar-refractivity contribution is 5.93. The summed E-state index contributed by atoms with van der Waals surface area (Å²) in [5, 5.41) is 0. The summed E-state index contributed by atoms with van der Waals surface area (Å²) in [4.78, 5) is 12.0. The molecule has 0 spiro atoms. The topological polar surface area (TPSA) is 41.1 Å². The molecule has 0 saturated heterocycles. The summed E-state index contributed by atoms with van der Waals surface area (Å²) in [5.74, 6) is 2.44. The van der Waals surface area contributed by atoms with Gasteiger partial charge in [0.2, 0.25) is 0 Å². The van der Waals surface area contributed by atoms with E-state index in [0.29, 0.717) is 12.0 Å². The van der Waals surface area contributed by atoms with Crippen molar-refractivity contribution in [2.45, 2.75) is 12.5 Å². The van der Waals surface area contributed by atoms with Crippen molar-refractivity contribution in [2.75, 3.05) is 0 Å². The highest BCUT2D eigenvalue weighted by atomic mass is 16.2. The van der Waals surface area contributed by atoms with Gasteiger partial charge in [0.1, 0.15) is 0 Å². The van der Waals surface area contributed by atoms with Crippen LogP contribution in [0, 0.1) is 12.3 Å². The van der Waals surface area contributed by atoms with Crippen molar-refractivity contribution in [1.29, 1.82) is 0 Å². The Morgan fingerprint density at radius 1 is 1.05 bits per heavy atom. The first-order valence-corrected chi connectivity index (χ1v) is 6.40. The molecule has 0 radical (unpaired) electrons. The van der Waals surface area contributed by atoms with Crippen LogP contribution in [0.15, 0.2) is 60.7 Å². The van der Waals surface area contributed by atoms with Gasteiger partial charge in [-0.3, -0.25) is 10.2 Å². The molecule has 20 heavy (non-hydrogen) atoms. The van der Waals surface area contributed by atoms with E-state index in [1.54, 1.807) is 12.1 Å². The molecule has 0 fully saturated rings. The molecule has 0 saturated carbocycles.